The second-order valence-electron chi connectivity index (χ2n) is 11.6. The van der Waals surface area contributed by atoms with Gasteiger partial charge in [-0.1, -0.05) is 59.6 Å². The highest BCUT2D eigenvalue weighted by Crippen LogP contribution is 2.42. The molecule has 3 heterocycles. The summed E-state index contributed by atoms with van der Waals surface area (Å²) in [4.78, 5) is 33.7. The number of benzene rings is 2. The molecule has 1 amide bonds. The van der Waals surface area contributed by atoms with Gasteiger partial charge in [0.2, 0.25) is 11.8 Å². The lowest BCUT2D eigenvalue weighted by Crippen LogP contribution is -2.43. The van der Waals surface area contributed by atoms with Crippen LogP contribution in [0.4, 0.5) is 0 Å². The monoisotopic (exact) mass is 691 g/mol. The molecule has 0 radical (unpaired) electrons. The molecule has 48 heavy (non-hydrogen) atoms. The van der Waals surface area contributed by atoms with Crippen molar-refractivity contribution in [2.75, 3.05) is 33.9 Å². The maximum Gasteiger partial charge on any atom is 0.304 e. The first-order valence-corrected chi connectivity index (χ1v) is 16.5. The van der Waals surface area contributed by atoms with E-state index >= 15 is 0 Å². The van der Waals surface area contributed by atoms with Crippen LogP contribution in [0.2, 0.25) is 10.0 Å². The topological polar surface area (TPSA) is 126 Å². The standard InChI is InChI=1S/C36H39Cl2N5O5/c1-22(44)43-17-13-26(14-18-43)41-21-24-8-7-23(19-31(24)47-2)35-34(38)28(11-16-40-35)27-5-4-6-29(33(27)37)30-10-9-25(36(42-30)48-3)20-39-15-12-32(45)46/h4-11,16,19,26,39,41H,12-15,17-18,20-21H2,1-3H3,(H,45,46). The second-order valence-corrected chi connectivity index (χ2v) is 12.3. The second kappa shape index (κ2) is 16.3. The third-order valence-electron chi connectivity index (χ3n) is 8.50. The molecule has 1 fully saturated rings. The van der Waals surface area contributed by atoms with Crippen LogP contribution in [0.15, 0.2) is 60.8 Å². The van der Waals surface area contributed by atoms with E-state index < -0.39 is 5.97 Å². The number of ether oxygens (including phenoxy) is 2. The third kappa shape index (κ3) is 8.25. The number of hydrogen-bond acceptors (Lipinski definition) is 8. The Bertz CT molecular complexity index is 1780. The van der Waals surface area contributed by atoms with E-state index in [9.17, 15) is 9.59 Å². The number of amides is 1. The van der Waals surface area contributed by atoms with Crippen molar-refractivity contribution in [2.45, 2.75) is 45.3 Å². The Morgan fingerprint density at radius 2 is 1.67 bits per heavy atom. The third-order valence-corrected chi connectivity index (χ3v) is 9.29. The zero-order valence-electron chi connectivity index (χ0n) is 27.2. The van der Waals surface area contributed by atoms with Crippen LogP contribution in [0, 0.1) is 0 Å². The molecule has 2 aromatic heterocycles. The van der Waals surface area contributed by atoms with Gasteiger partial charge in [-0.25, -0.2) is 4.98 Å². The fourth-order valence-electron chi connectivity index (χ4n) is 5.83. The van der Waals surface area contributed by atoms with Crippen LogP contribution in [-0.4, -0.2) is 71.7 Å². The van der Waals surface area contributed by atoms with Crippen LogP contribution in [0.5, 0.6) is 11.6 Å². The van der Waals surface area contributed by atoms with Gasteiger partial charge in [-0.15, -0.1) is 0 Å². The Hall–Kier alpha value is -4.22. The maximum absolute atomic E-state index is 11.7. The van der Waals surface area contributed by atoms with Crippen molar-refractivity contribution < 1.29 is 24.2 Å². The van der Waals surface area contributed by atoms with E-state index in [4.69, 9.17) is 42.8 Å². The average Bonchev–Trinajstić information content (AvgIpc) is 3.09. The van der Waals surface area contributed by atoms with Crippen molar-refractivity contribution in [1.82, 2.24) is 25.5 Å². The van der Waals surface area contributed by atoms with E-state index in [0.29, 0.717) is 58.6 Å². The van der Waals surface area contributed by atoms with Crippen molar-refractivity contribution in [2.24, 2.45) is 0 Å². The Kier molecular flexibility index (Phi) is 11.9. The molecule has 252 valence electrons. The number of rotatable bonds is 13. The number of pyridine rings is 2. The Labute approximate surface area is 290 Å². The van der Waals surface area contributed by atoms with Crippen molar-refractivity contribution in [1.29, 1.82) is 0 Å². The first-order valence-electron chi connectivity index (χ1n) is 15.8. The van der Waals surface area contributed by atoms with Gasteiger partial charge in [0, 0.05) is 85.3 Å². The molecule has 0 aliphatic carbocycles. The highest BCUT2D eigenvalue weighted by atomic mass is 35.5. The number of methoxy groups -OCH3 is 2. The first kappa shape index (κ1) is 35.1. The molecule has 1 saturated heterocycles. The van der Waals surface area contributed by atoms with E-state index in [0.717, 1.165) is 59.5 Å². The summed E-state index contributed by atoms with van der Waals surface area (Å²) >= 11 is 14.1. The summed E-state index contributed by atoms with van der Waals surface area (Å²) in [6, 6.07) is 17.6. The summed E-state index contributed by atoms with van der Waals surface area (Å²) in [6.07, 6.45) is 3.57. The lowest BCUT2D eigenvalue weighted by atomic mass is 9.99. The van der Waals surface area contributed by atoms with E-state index in [1.165, 1.54) is 0 Å². The first-order chi connectivity index (χ1) is 23.2. The van der Waals surface area contributed by atoms with Crippen molar-refractivity contribution in [3.8, 4) is 45.3 Å². The largest absolute Gasteiger partial charge is 0.496 e. The molecule has 0 saturated carbocycles. The molecular formula is C36H39Cl2N5O5. The number of hydrogen-bond donors (Lipinski definition) is 3. The Morgan fingerprint density at radius 1 is 0.938 bits per heavy atom. The normalized spacial score (nSPS) is 13.4. The van der Waals surface area contributed by atoms with Gasteiger partial charge < -0.3 is 30.1 Å². The number of carboxylic acid groups (broad SMARTS) is 1. The SMILES string of the molecule is COc1cc(-c2nccc(-c3cccc(-c4ccc(CNCCC(=O)O)c(OC)n4)c3Cl)c2Cl)ccc1CNC1CCN(C(C)=O)CC1. The van der Waals surface area contributed by atoms with E-state index in [1.54, 1.807) is 27.3 Å². The fraction of sp³-hybridized carbons (Fsp3) is 0.333. The minimum absolute atomic E-state index is 0.0239. The molecule has 3 N–H and O–H groups in total. The lowest BCUT2D eigenvalue weighted by molar-refractivity contribution is -0.137. The number of halogens is 2. The summed E-state index contributed by atoms with van der Waals surface area (Å²) in [5.41, 5.74) is 6.01. The van der Waals surface area contributed by atoms with E-state index in [1.807, 2.05) is 59.5 Å². The Balaban J connectivity index is 1.36. The molecule has 1 aliphatic rings. The van der Waals surface area contributed by atoms with Crippen LogP contribution >= 0.6 is 23.2 Å². The minimum Gasteiger partial charge on any atom is -0.496 e. The van der Waals surface area contributed by atoms with Gasteiger partial charge in [-0.2, -0.15) is 0 Å². The zero-order valence-corrected chi connectivity index (χ0v) is 28.7. The molecule has 10 nitrogen and oxygen atoms in total. The van der Waals surface area contributed by atoms with Gasteiger partial charge in [0.1, 0.15) is 5.75 Å². The number of nitrogens with one attached hydrogen (secondary N) is 2. The highest BCUT2D eigenvalue weighted by Gasteiger charge is 2.22. The molecule has 0 spiro atoms. The maximum atomic E-state index is 11.7. The molecule has 0 bridgehead atoms. The molecule has 2 aromatic carbocycles. The molecule has 0 unspecified atom stereocenters. The van der Waals surface area contributed by atoms with Gasteiger partial charge in [0.05, 0.1) is 42.1 Å². The van der Waals surface area contributed by atoms with Gasteiger partial charge in [-0.3, -0.25) is 14.6 Å². The molecule has 1 aliphatic heterocycles. The number of nitrogens with zero attached hydrogens (tertiary/aromatic N) is 3. The molecule has 5 rings (SSSR count). The van der Waals surface area contributed by atoms with Crippen molar-refractivity contribution in [3.63, 3.8) is 0 Å². The zero-order chi connectivity index (χ0) is 34.2. The van der Waals surface area contributed by atoms with Gasteiger partial charge in [-0.05, 0) is 31.0 Å². The van der Waals surface area contributed by atoms with Gasteiger partial charge in [0.25, 0.3) is 0 Å². The smallest absolute Gasteiger partial charge is 0.304 e. The number of carbonyl (C=O) groups is 2. The van der Waals surface area contributed by atoms with Crippen molar-refractivity contribution >= 4 is 35.1 Å². The predicted octanol–water partition coefficient (Wildman–Crippen LogP) is 6.47. The Morgan fingerprint density at radius 3 is 2.38 bits per heavy atom. The number of aliphatic carboxylic acids is 1. The fourth-order valence-corrected chi connectivity index (χ4v) is 6.48. The van der Waals surface area contributed by atoms with Crippen LogP contribution in [0.1, 0.15) is 37.3 Å². The van der Waals surface area contributed by atoms with Gasteiger partial charge >= 0.3 is 5.97 Å². The number of carboxylic acids is 1. The van der Waals surface area contributed by atoms with Crippen LogP contribution < -0.4 is 20.1 Å². The summed E-state index contributed by atoms with van der Waals surface area (Å²) < 4.78 is 11.3. The van der Waals surface area contributed by atoms with Crippen LogP contribution in [0.25, 0.3) is 33.6 Å². The number of aromatic nitrogens is 2. The molecule has 0 atom stereocenters. The van der Waals surface area contributed by atoms with Crippen molar-refractivity contribution in [3.05, 3.63) is 82.0 Å². The molecule has 12 heteroatoms. The van der Waals surface area contributed by atoms with E-state index in [2.05, 4.69) is 15.6 Å². The quantitative estimate of drug-likeness (QED) is 0.135. The summed E-state index contributed by atoms with van der Waals surface area (Å²) in [6.45, 7) is 4.54. The van der Waals surface area contributed by atoms with E-state index in [-0.39, 0.29) is 12.3 Å². The predicted molar refractivity (Wildman–Crippen MR) is 188 cm³/mol. The summed E-state index contributed by atoms with van der Waals surface area (Å²) in [5, 5.41) is 16.5. The number of carbonyl (C=O) groups excluding carboxylic acids is 1. The summed E-state index contributed by atoms with van der Waals surface area (Å²) in [7, 11) is 3.19. The van der Waals surface area contributed by atoms with Crippen LogP contribution in [-0.2, 0) is 22.7 Å². The molecule has 4 aromatic rings. The lowest BCUT2D eigenvalue weighted by Gasteiger charge is -2.32. The molecular weight excluding hydrogens is 653 g/mol. The van der Waals surface area contributed by atoms with Crippen LogP contribution in [0.3, 0.4) is 0 Å². The van der Waals surface area contributed by atoms with Gasteiger partial charge in [0.15, 0.2) is 0 Å². The average molecular weight is 693 g/mol. The number of likely N-dealkylation sites (tertiary alicyclic amines) is 1. The minimum atomic E-state index is -0.861. The number of piperidine rings is 1. The summed E-state index contributed by atoms with van der Waals surface area (Å²) in [5.74, 6) is 0.415. The highest BCUT2D eigenvalue weighted by molar-refractivity contribution is 6.39.